The van der Waals surface area contributed by atoms with E-state index in [-0.39, 0.29) is 15.9 Å². The first-order valence-electron chi connectivity index (χ1n) is 4.78. The predicted octanol–water partition coefficient (Wildman–Crippen LogP) is 0.484. The van der Waals surface area contributed by atoms with Crippen LogP contribution in [0.15, 0.2) is 23.2 Å². The van der Waals surface area contributed by atoms with Gasteiger partial charge < -0.3 is 5.73 Å². The van der Waals surface area contributed by atoms with E-state index < -0.39 is 9.84 Å². The second-order valence-corrected chi connectivity index (χ2v) is 6.75. The fraction of sp³-hybridized carbons (Fsp3) is 0.444. The van der Waals surface area contributed by atoms with Gasteiger partial charge in [0.2, 0.25) is 0 Å². The molecule has 90 valence electrons. The summed E-state index contributed by atoms with van der Waals surface area (Å²) in [5, 5.41) is 0.252. The molecule has 0 saturated carbocycles. The van der Waals surface area contributed by atoms with Crippen LogP contribution in [0.1, 0.15) is 0 Å². The van der Waals surface area contributed by atoms with Gasteiger partial charge in [0.1, 0.15) is 5.15 Å². The Hall–Kier alpha value is -0.300. The Morgan fingerprint density at radius 2 is 2.12 bits per heavy atom. The average Bonchev–Trinajstić information content (AvgIpc) is 2.24. The highest BCUT2D eigenvalue weighted by Crippen LogP contribution is 2.13. The predicted molar refractivity (Wildman–Crippen MR) is 66.4 cm³/mol. The maximum absolute atomic E-state index is 11.8. The first kappa shape index (κ1) is 13.8. The molecule has 1 rings (SSSR count). The molecule has 0 unspecified atom stereocenters. The average molecular weight is 282 g/mol. The summed E-state index contributed by atoms with van der Waals surface area (Å²) in [6, 6.07) is 4.61. The molecule has 0 spiro atoms. The van der Waals surface area contributed by atoms with Crippen molar-refractivity contribution in [2.75, 3.05) is 23.8 Å². The van der Waals surface area contributed by atoms with Crippen LogP contribution in [0.25, 0.3) is 0 Å². The molecule has 1 heterocycles. The van der Waals surface area contributed by atoms with Gasteiger partial charge in [0.05, 0.1) is 12.3 Å². The number of halogens is 1. The van der Waals surface area contributed by atoms with E-state index in [0.29, 0.717) is 5.75 Å². The van der Waals surface area contributed by atoms with Crippen LogP contribution in [0.3, 0.4) is 0 Å². The molecule has 0 atom stereocenters. The third-order valence-corrected chi connectivity index (χ3v) is 4.94. The minimum absolute atomic E-state index is 0.0511. The highest BCUT2D eigenvalue weighted by molar-refractivity contribution is 8.00. The number of pyridine rings is 1. The van der Waals surface area contributed by atoms with E-state index in [0.717, 1.165) is 12.3 Å². The van der Waals surface area contributed by atoms with E-state index in [2.05, 4.69) is 10.7 Å². The summed E-state index contributed by atoms with van der Waals surface area (Å²) in [5.74, 6) is 1.52. The van der Waals surface area contributed by atoms with Crippen molar-refractivity contribution in [3.8, 4) is 0 Å². The number of rotatable bonds is 6. The Morgan fingerprint density at radius 1 is 1.38 bits per heavy atom. The van der Waals surface area contributed by atoms with E-state index in [1.807, 2.05) is 0 Å². The van der Waals surface area contributed by atoms with Gasteiger partial charge in [0.15, 0.2) is 14.9 Å². The summed E-state index contributed by atoms with van der Waals surface area (Å²) < 4.78 is 23.6. The van der Waals surface area contributed by atoms with Crippen LogP contribution in [0, 0.1) is 0 Å². The number of quaternary nitrogens is 1. The second-order valence-electron chi connectivity index (χ2n) is 3.08. The zero-order valence-electron chi connectivity index (χ0n) is 8.73. The quantitative estimate of drug-likeness (QED) is 0.608. The minimum atomic E-state index is -3.30. The van der Waals surface area contributed by atoms with Crippen LogP contribution in [-0.2, 0) is 9.84 Å². The highest BCUT2D eigenvalue weighted by atomic mass is 35.5. The summed E-state index contributed by atoms with van der Waals surface area (Å²) in [4.78, 5) is 3.80. The molecule has 7 heteroatoms. The van der Waals surface area contributed by atoms with E-state index >= 15 is 0 Å². The molecule has 0 aliphatic carbocycles. The molecule has 0 aliphatic heterocycles. The summed E-state index contributed by atoms with van der Waals surface area (Å²) in [7, 11) is -3.30. The van der Waals surface area contributed by atoms with Gasteiger partial charge in [-0.05, 0) is 12.1 Å². The van der Waals surface area contributed by atoms with Crippen molar-refractivity contribution < 1.29 is 14.2 Å². The molecule has 0 aliphatic rings. The summed E-state index contributed by atoms with van der Waals surface area (Å²) in [6.45, 7) is 0.806. The van der Waals surface area contributed by atoms with Crippen molar-refractivity contribution in [2.45, 2.75) is 5.03 Å². The molecular weight excluding hydrogens is 268 g/mol. The smallest absolute Gasteiger partial charge is 0.196 e. The van der Waals surface area contributed by atoms with Crippen molar-refractivity contribution in [1.82, 2.24) is 4.98 Å². The van der Waals surface area contributed by atoms with Crippen LogP contribution >= 0.6 is 23.4 Å². The van der Waals surface area contributed by atoms with Gasteiger partial charge in [-0.25, -0.2) is 13.4 Å². The van der Waals surface area contributed by atoms with Crippen molar-refractivity contribution in [3.05, 3.63) is 23.4 Å². The molecule has 0 radical (unpaired) electrons. The fourth-order valence-electron chi connectivity index (χ4n) is 1.04. The Balaban J connectivity index is 2.64. The second kappa shape index (κ2) is 6.44. The summed E-state index contributed by atoms with van der Waals surface area (Å²) in [6.07, 6.45) is 0. The fourth-order valence-corrected chi connectivity index (χ4v) is 3.74. The van der Waals surface area contributed by atoms with Gasteiger partial charge in [-0.2, -0.15) is 11.8 Å². The van der Waals surface area contributed by atoms with Gasteiger partial charge in [0, 0.05) is 11.5 Å². The number of aromatic nitrogens is 1. The zero-order valence-corrected chi connectivity index (χ0v) is 11.1. The maximum Gasteiger partial charge on any atom is 0.196 e. The summed E-state index contributed by atoms with van der Waals surface area (Å²) >= 11 is 7.22. The lowest BCUT2D eigenvalue weighted by atomic mass is 10.5. The molecule has 0 bridgehead atoms. The Kier molecular flexibility index (Phi) is 5.54. The van der Waals surface area contributed by atoms with E-state index in [1.54, 1.807) is 23.9 Å². The molecule has 0 amide bonds. The molecule has 0 saturated heterocycles. The molecule has 1 aromatic heterocycles. The van der Waals surface area contributed by atoms with E-state index in [9.17, 15) is 8.42 Å². The van der Waals surface area contributed by atoms with Gasteiger partial charge in [0.25, 0.3) is 0 Å². The van der Waals surface area contributed by atoms with Gasteiger partial charge in [-0.1, -0.05) is 17.7 Å². The number of hydrogen-bond donors (Lipinski definition) is 1. The lowest BCUT2D eigenvalue weighted by molar-refractivity contribution is -0.360. The standard InChI is InChI=1S/C9H13ClN2O2S2/c10-8-2-1-3-9(12-8)16(13,14)7-6-15-5-4-11/h1-3H,4-7,11H2/p+1. The van der Waals surface area contributed by atoms with Crippen molar-refractivity contribution in [1.29, 1.82) is 0 Å². The molecular formula is C9H14ClN2O2S2+. The van der Waals surface area contributed by atoms with Crippen LogP contribution < -0.4 is 5.73 Å². The van der Waals surface area contributed by atoms with Crippen molar-refractivity contribution in [2.24, 2.45) is 0 Å². The molecule has 3 N–H and O–H groups in total. The van der Waals surface area contributed by atoms with Crippen LogP contribution in [-0.4, -0.2) is 37.2 Å². The Labute approximate surface area is 105 Å². The molecule has 4 nitrogen and oxygen atoms in total. The molecule has 16 heavy (non-hydrogen) atoms. The number of sulfone groups is 1. The van der Waals surface area contributed by atoms with E-state index in [4.69, 9.17) is 11.6 Å². The Morgan fingerprint density at radius 3 is 2.75 bits per heavy atom. The Bertz CT molecular complexity index is 437. The van der Waals surface area contributed by atoms with Gasteiger partial charge in [-0.15, -0.1) is 0 Å². The van der Waals surface area contributed by atoms with Crippen LogP contribution in [0.4, 0.5) is 0 Å². The van der Waals surface area contributed by atoms with Gasteiger partial charge in [-0.3, -0.25) is 0 Å². The summed E-state index contributed by atoms with van der Waals surface area (Å²) in [5.41, 5.74) is 3.69. The minimum Gasteiger partial charge on any atom is -0.357 e. The molecule has 1 aromatic rings. The van der Waals surface area contributed by atoms with E-state index in [1.165, 1.54) is 6.07 Å². The number of hydrogen-bond acceptors (Lipinski definition) is 4. The largest absolute Gasteiger partial charge is 0.357 e. The van der Waals surface area contributed by atoms with Crippen LogP contribution in [0.5, 0.6) is 0 Å². The van der Waals surface area contributed by atoms with Crippen LogP contribution in [0.2, 0.25) is 5.15 Å². The topological polar surface area (TPSA) is 74.7 Å². The third kappa shape index (κ3) is 4.29. The molecule has 0 aromatic carbocycles. The lowest BCUT2D eigenvalue weighted by Gasteiger charge is -2.03. The molecule has 0 fully saturated rings. The maximum atomic E-state index is 11.8. The first-order chi connectivity index (χ1) is 7.56. The first-order valence-corrected chi connectivity index (χ1v) is 7.97. The van der Waals surface area contributed by atoms with Gasteiger partial charge >= 0.3 is 0 Å². The van der Waals surface area contributed by atoms with Crippen molar-refractivity contribution >= 4 is 33.2 Å². The van der Waals surface area contributed by atoms with Crippen molar-refractivity contribution in [3.63, 3.8) is 0 Å². The number of nitrogens with zero attached hydrogens (tertiary/aromatic N) is 1. The normalized spacial score (nSPS) is 11.6. The monoisotopic (exact) mass is 281 g/mol. The zero-order chi connectivity index (χ0) is 12.0. The SMILES string of the molecule is [NH3+]CCSCCS(=O)(=O)c1cccc(Cl)n1. The highest BCUT2D eigenvalue weighted by Gasteiger charge is 2.15. The number of thioether (sulfide) groups is 1. The third-order valence-electron chi connectivity index (χ3n) is 1.79. The lowest BCUT2D eigenvalue weighted by Crippen LogP contribution is -2.51.